The van der Waals surface area contributed by atoms with E-state index in [0.29, 0.717) is 12.8 Å². The Morgan fingerprint density at radius 1 is 1.26 bits per heavy atom. The fraction of sp³-hybridized carbons (Fsp3) is 0.562. The fourth-order valence-electron chi connectivity index (χ4n) is 2.22. The zero-order valence-electron chi connectivity index (χ0n) is 13.6. The Morgan fingerprint density at radius 3 is 2.35 bits per heavy atom. The largest absolute Gasteiger partial charge is 0.456 e. The molecule has 0 heterocycles. The Bertz CT molecular complexity index is 703. The van der Waals surface area contributed by atoms with Crippen LogP contribution in [0.1, 0.15) is 49.5 Å². The lowest BCUT2D eigenvalue weighted by molar-refractivity contribution is -0.0835. The second kappa shape index (κ2) is 5.87. The molecule has 1 aromatic rings. The molecule has 1 atom stereocenters. The summed E-state index contributed by atoms with van der Waals surface area (Å²) >= 11 is 0. The van der Waals surface area contributed by atoms with Gasteiger partial charge in [0.05, 0.1) is 11.8 Å². The Morgan fingerprint density at radius 2 is 1.87 bits per heavy atom. The molecule has 1 unspecified atom stereocenters. The topological polar surface area (TPSA) is 69.7 Å². The van der Waals surface area contributed by atoms with Gasteiger partial charge < -0.3 is 4.74 Å². The van der Waals surface area contributed by atoms with Gasteiger partial charge >= 0.3 is 5.97 Å². The third-order valence-corrected chi connectivity index (χ3v) is 3.81. The number of rotatable bonds is 5. The molecule has 0 amide bonds. The number of hydrogen-bond acceptors (Lipinski definition) is 5. The molecule has 0 bridgehead atoms. The molecular weight excluding hydrogens is 323 g/mol. The molecule has 0 aromatic heterocycles. The third kappa shape index (κ3) is 4.75. The second-order valence-corrected chi connectivity index (χ2v) is 8.36. The lowest BCUT2D eigenvalue weighted by Gasteiger charge is -2.25. The highest BCUT2D eigenvalue weighted by molar-refractivity contribution is 7.86. The van der Waals surface area contributed by atoms with Gasteiger partial charge in [-0.1, -0.05) is 12.1 Å². The summed E-state index contributed by atoms with van der Waals surface area (Å²) in [5.41, 5.74) is -0.523. The average molecular weight is 344 g/mol. The highest BCUT2D eigenvalue weighted by Gasteiger charge is 2.51. The minimum absolute atomic E-state index is 0.00813. The normalized spacial score (nSPS) is 18.3. The summed E-state index contributed by atoms with van der Waals surface area (Å²) in [6.45, 7) is 5.18. The van der Waals surface area contributed by atoms with Crippen LogP contribution in [0.4, 0.5) is 4.39 Å². The van der Waals surface area contributed by atoms with E-state index in [0.717, 1.165) is 6.26 Å². The van der Waals surface area contributed by atoms with Crippen LogP contribution in [0.2, 0.25) is 0 Å². The summed E-state index contributed by atoms with van der Waals surface area (Å²) in [6, 6.07) is 5.68. The van der Waals surface area contributed by atoms with Crippen molar-refractivity contribution in [3.05, 3.63) is 35.4 Å². The number of ether oxygens (including phenoxy) is 1. The van der Waals surface area contributed by atoms with Crippen LogP contribution < -0.4 is 0 Å². The standard InChI is InChI=1S/C16H21FO5S/c1-15(2,3)21-14(18)11-6-5-7-13(10-11)16(17,12-8-9-12)22-23(4,19)20/h5-7,10,12H,8-9H2,1-4H3. The van der Waals surface area contributed by atoms with Crippen LogP contribution in [0.5, 0.6) is 0 Å². The molecule has 0 spiro atoms. The van der Waals surface area contributed by atoms with Crippen LogP contribution in [0.15, 0.2) is 24.3 Å². The van der Waals surface area contributed by atoms with Crippen molar-refractivity contribution in [3.63, 3.8) is 0 Å². The molecule has 1 saturated carbocycles. The van der Waals surface area contributed by atoms with Crippen LogP contribution >= 0.6 is 0 Å². The molecule has 1 aromatic carbocycles. The second-order valence-electron chi connectivity index (χ2n) is 6.79. The molecule has 0 saturated heterocycles. The smallest absolute Gasteiger partial charge is 0.338 e. The van der Waals surface area contributed by atoms with Gasteiger partial charge in [-0.2, -0.15) is 8.42 Å². The Balaban J connectivity index is 2.35. The number of benzene rings is 1. The highest BCUT2D eigenvalue weighted by atomic mass is 32.2. The van der Waals surface area contributed by atoms with Crippen molar-refractivity contribution in [2.45, 2.75) is 45.1 Å². The van der Waals surface area contributed by atoms with E-state index in [1.54, 1.807) is 20.8 Å². The first kappa shape index (κ1) is 17.9. The zero-order valence-corrected chi connectivity index (χ0v) is 14.4. The van der Waals surface area contributed by atoms with Gasteiger partial charge in [0.2, 0.25) is 0 Å². The van der Waals surface area contributed by atoms with Crippen molar-refractivity contribution >= 4 is 16.1 Å². The van der Waals surface area contributed by atoms with Crippen molar-refractivity contribution < 1.29 is 26.5 Å². The van der Waals surface area contributed by atoms with Crippen LogP contribution in [-0.4, -0.2) is 26.2 Å². The molecule has 1 aliphatic carbocycles. The minimum atomic E-state index is -3.99. The Labute approximate surface area is 135 Å². The number of carbonyl (C=O) groups is 1. The molecule has 0 aliphatic heterocycles. The summed E-state index contributed by atoms with van der Waals surface area (Å²) in [7, 11) is -3.99. The van der Waals surface area contributed by atoms with Crippen molar-refractivity contribution in [2.24, 2.45) is 5.92 Å². The lowest BCUT2D eigenvalue weighted by atomic mass is 10.0. The average Bonchev–Trinajstić information content (AvgIpc) is 3.19. The number of esters is 1. The predicted molar refractivity (Wildman–Crippen MR) is 83.0 cm³/mol. The molecule has 1 fully saturated rings. The van der Waals surface area contributed by atoms with E-state index in [9.17, 15) is 13.2 Å². The van der Waals surface area contributed by atoms with Gasteiger partial charge in [-0.05, 0) is 45.7 Å². The molecule has 0 radical (unpaired) electrons. The summed E-state index contributed by atoms with van der Waals surface area (Å²) in [4.78, 5) is 12.1. The Kier molecular flexibility index (Phi) is 4.56. The number of alkyl halides is 1. The van der Waals surface area contributed by atoms with E-state index in [1.807, 2.05) is 0 Å². The minimum Gasteiger partial charge on any atom is -0.456 e. The van der Waals surface area contributed by atoms with Crippen molar-refractivity contribution in [1.82, 2.24) is 0 Å². The number of halogens is 1. The molecule has 0 N–H and O–H groups in total. The quantitative estimate of drug-likeness (QED) is 0.606. The number of carbonyl (C=O) groups excluding carboxylic acids is 1. The van der Waals surface area contributed by atoms with Crippen LogP contribution in [-0.2, 0) is 24.9 Å². The maximum Gasteiger partial charge on any atom is 0.338 e. The zero-order chi connectivity index (χ0) is 17.5. The van der Waals surface area contributed by atoms with E-state index in [1.165, 1.54) is 24.3 Å². The molecule has 7 heteroatoms. The molecule has 1 aliphatic rings. The van der Waals surface area contributed by atoms with Crippen molar-refractivity contribution in [3.8, 4) is 0 Å². The summed E-state index contributed by atoms with van der Waals surface area (Å²) in [5.74, 6) is -3.59. The predicted octanol–water partition coefficient (Wildman–Crippen LogP) is 3.15. The summed E-state index contributed by atoms with van der Waals surface area (Å²) in [5, 5.41) is 0. The van der Waals surface area contributed by atoms with Gasteiger partial charge in [-0.3, -0.25) is 0 Å². The summed E-state index contributed by atoms with van der Waals surface area (Å²) < 4.78 is 48.0. The molecule has 2 rings (SSSR count). The van der Waals surface area contributed by atoms with E-state index in [2.05, 4.69) is 0 Å². The SMILES string of the molecule is CC(C)(C)OC(=O)c1cccc(C(F)(OS(C)(=O)=O)C2CC2)c1. The van der Waals surface area contributed by atoms with Gasteiger partial charge in [0, 0.05) is 11.5 Å². The van der Waals surface area contributed by atoms with E-state index < -0.39 is 33.5 Å². The van der Waals surface area contributed by atoms with Crippen molar-refractivity contribution in [1.29, 1.82) is 0 Å². The van der Waals surface area contributed by atoms with Gasteiger partial charge in [0.1, 0.15) is 5.60 Å². The van der Waals surface area contributed by atoms with Gasteiger partial charge in [0.25, 0.3) is 16.0 Å². The first-order valence-electron chi connectivity index (χ1n) is 7.34. The lowest BCUT2D eigenvalue weighted by Crippen LogP contribution is -2.30. The van der Waals surface area contributed by atoms with E-state index in [-0.39, 0.29) is 11.1 Å². The maximum atomic E-state index is 15.2. The van der Waals surface area contributed by atoms with Gasteiger partial charge in [0.15, 0.2) is 0 Å². The van der Waals surface area contributed by atoms with Crippen LogP contribution in [0.3, 0.4) is 0 Å². The highest BCUT2D eigenvalue weighted by Crippen LogP contribution is 2.50. The van der Waals surface area contributed by atoms with Crippen molar-refractivity contribution in [2.75, 3.05) is 6.26 Å². The maximum absolute atomic E-state index is 15.2. The fourth-order valence-corrected chi connectivity index (χ4v) is 2.89. The van der Waals surface area contributed by atoms with E-state index >= 15 is 4.39 Å². The van der Waals surface area contributed by atoms with Gasteiger partial charge in [-0.25, -0.2) is 13.4 Å². The van der Waals surface area contributed by atoms with Crippen LogP contribution in [0.25, 0.3) is 0 Å². The van der Waals surface area contributed by atoms with E-state index in [4.69, 9.17) is 8.92 Å². The molecule has 23 heavy (non-hydrogen) atoms. The summed E-state index contributed by atoms with van der Waals surface area (Å²) in [6.07, 6.45) is 1.87. The first-order valence-corrected chi connectivity index (χ1v) is 9.16. The third-order valence-electron chi connectivity index (χ3n) is 3.27. The molecule has 5 nitrogen and oxygen atoms in total. The number of hydrogen-bond donors (Lipinski definition) is 0. The first-order chi connectivity index (χ1) is 10.4. The monoisotopic (exact) mass is 344 g/mol. The van der Waals surface area contributed by atoms with Gasteiger partial charge in [-0.15, -0.1) is 0 Å². The molecule has 128 valence electrons. The molecular formula is C16H21FO5S. The van der Waals surface area contributed by atoms with Crippen LogP contribution in [0, 0.1) is 5.92 Å². The Hall–Kier alpha value is -1.47.